The quantitative estimate of drug-likeness (QED) is 0.578. The Bertz CT molecular complexity index is 932. The van der Waals surface area contributed by atoms with E-state index in [-0.39, 0.29) is 11.9 Å². The minimum Gasteiger partial charge on any atom is -0.460 e. The SMILES string of the molecule is Cc1cc(C(=O)OCC(=O)O[C@@H]2C[C@@H](C)CC[C@H]2C(C)C)c(C)n1-c1ccc(F)cc1. The summed E-state index contributed by atoms with van der Waals surface area (Å²) in [5, 5.41) is 0. The lowest BCUT2D eigenvalue weighted by Crippen LogP contribution is -2.36. The van der Waals surface area contributed by atoms with Gasteiger partial charge in [-0.3, -0.25) is 0 Å². The highest BCUT2D eigenvalue weighted by atomic mass is 19.1. The minimum absolute atomic E-state index is 0.126. The van der Waals surface area contributed by atoms with E-state index < -0.39 is 18.5 Å². The van der Waals surface area contributed by atoms with E-state index in [1.165, 1.54) is 12.1 Å². The number of ether oxygens (including phenoxy) is 2. The first kappa shape index (κ1) is 23.0. The molecule has 0 aliphatic heterocycles. The molecule has 1 aliphatic carbocycles. The monoisotopic (exact) mass is 429 g/mol. The average molecular weight is 430 g/mol. The van der Waals surface area contributed by atoms with Crippen molar-refractivity contribution in [3.8, 4) is 5.69 Å². The molecular weight excluding hydrogens is 397 g/mol. The van der Waals surface area contributed by atoms with Crippen LogP contribution in [0.4, 0.5) is 4.39 Å². The lowest BCUT2D eigenvalue weighted by Gasteiger charge is -2.36. The number of rotatable bonds is 6. The minimum atomic E-state index is -0.573. The summed E-state index contributed by atoms with van der Waals surface area (Å²) in [6.45, 7) is 9.72. The molecule has 0 saturated heterocycles. The molecule has 1 saturated carbocycles. The molecule has 1 aromatic heterocycles. The van der Waals surface area contributed by atoms with Crippen molar-refractivity contribution in [1.82, 2.24) is 4.57 Å². The third-order valence-corrected chi connectivity index (χ3v) is 6.30. The fourth-order valence-electron chi connectivity index (χ4n) is 4.61. The highest BCUT2D eigenvalue weighted by Crippen LogP contribution is 2.35. The van der Waals surface area contributed by atoms with Gasteiger partial charge >= 0.3 is 11.9 Å². The van der Waals surface area contributed by atoms with Gasteiger partial charge in [-0.05, 0) is 74.8 Å². The van der Waals surface area contributed by atoms with Gasteiger partial charge in [0, 0.05) is 17.1 Å². The van der Waals surface area contributed by atoms with Gasteiger partial charge in [0.15, 0.2) is 6.61 Å². The molecule has 1 heterocycles. The number of hydrogen-bond acceptors (Lipinski definition) is 4. The van der Waals surface area contributed by atoms with Crippen molar-refractivity contribution < 1.29 is 23.5 Å². The number of aryl methyl sites for hydroxylation is 1. The van der Waals surface area contributed by atoms with E-state index in [0.717, 1.165) is 30.6 Å². The number of carbonyl (C=O) groups excluding carboxylic acids is 2. The summed E-state index contributed by atoms with van der Waals surface area (Å²) in [6, 6.07) is 7.76. The Balaban J connectivity index is 1.63. The van der Waals surface area contributed by atoms with E-state index in [1.54, 1.807) is 25.1 Å². The van der Waals surface area contributed by atoms with Crippen molar-refractivity contribution in [1.29, 1.82) is 0 Å². The number of benzene rings is 1. The number of esters is 2. The zero-order valence-corrected chi connectivity index (χ0v) is 19.0. The maximum absolute atomic E-state index is 13.2. The zero-order valence-electron chi connectivity index (χ0n) is 19.0. The van der Waals surface area contributed by atoms with Gasteiger partial charge in [-0.2, -0.15) is 0 Å². The number of nitrogens with zero attached hydrogens (tertiary/aromatic N) is 1. The zero-order chi connectivity index (χ0) is 22.7. The number of carbonyl (C=O) groups is 2. The summed E-state index contributed by atoms with van der Waals surface area (Å²) >= 11 is 0. The fourth-order valence-corrected chi connectivity index (χ4v) is 4.61. The Kier molecular flexibility index (Phi) is 7.19. The van der Waals surface area contributed by atoms with Gasteiger partial charge in [-0.1, -0.05) is 27.2 Å². The topological polar surface area (TPSA) is 57.5 Å². The molecule has 1 fully saturated rings. The van der Waals surface area contributed by atoms with E-state index >= 15 is 0 Å². The largest absolute Gasteiger partial charge is 0.460 e. The molecule has 0 N–H and O–H groups in total. The maximum atomic E-state index is 13.2. The molecule has 1 aromatic carbocycles. The Morgan fingerprint density at radius 3 is 2.48 bits per heavy atom. The van der Waals surface area contributed by atoms with Crippen LogP contribution in [0, 0.1) is 37.4 Å². The molecule has 168 valence electrons. The van der Waals surface area contributed by atoms with Crippen molar-refractivity contribution in [3.63, 3.8) is 0 Å². The third kappa shape index (κ3) is 5.35. The van der Waals surface area contributed by atoms with E-state index in [4.69, 9.17) is 9.47 Å². The van der Waals surface area contributed by atoms with Gasteiger partial charge in [0.05, 0.1) is 5.56 Å². The summed E-state index contributed by atoms with van der Waals surface area (Å²) < 4.78 is 26.1. The standard InChI is InChI=1S/C25H32FNO4/c1-15(2)21-11-6-16(3)12-23(21)31-24(28)14-30-25(29)22-13-17(4)27(18(22)5)20-9-7-19(26)8-10-20/h7-10,13,15-16,21,23H,6,11-12,14H2,1-5H3/t16-,21-,23+/m0/s1. The molecule has 2 aromatic rings. The van der Waals surface area contributed by atoms with E-state index in [0.29, 0.717) is 29.0 Å². The van der Waals surface area contributed by atoms with E-state index in [9.17, 15) is 14.0 Å². The summed E-state index contributed by atoms with van der Waals surface area (Å²) in [6.07, 6.45) is 2.92. The first-order valence-corrected chi connectivity index (χ1v) is 11.0. The van der Waals surface area contributed by atoms with Crippen molar-refractivity contribution in [2.24, 2.45) is 17.8 Å². The van der Waals surface area contributed by atoms with E-state index in [1.807, 2.05) is 11.5 Å². The molecule has 31 heavy (non-hydrogen) atoms. The molecule has 3 atom stereocenters. The van der Waals surface area contributed by atoms with Gasteiger partial charge in [-0.15, -0.1) is 0 Å². The smallest absolute Gasteiger partial charge is 0.344 e. The van der Waals surface area contributed by atoms with E-state index in [2.05, 4.69) is 20.8 Å². The summed E-state index contributed by atoms with van der Waals surface area (Å²) in [7, 11) is 0. The fraction of sp³-hybridized carbons (Fsp3) is 0.520. The number of aromatic nitrogens is 1. The molecule has 0 amide bonds. The van der Waals surface area contributed by atoms with Crippen molar-refractivity contribution in [2.75, 3.05) is 6.61 Å². The van der Waals surface area contributed by atoms with Gasteiger partial charge in [0.1, 0.15) is 11.9 Å². The Morgan fingerprint density at radius 2 is 1.84 bits per heavy atom. The van der Waals surface area contributed by atoms with Crippen LogP contribution in [0.15, 0.2) is 30.3 Å². The Morgan fingerprint density at radius 1 is 1.16 bits per heavy atom. The molecule has 0 radical (unpaired) electrons. The van der Waals surface area contributed by atoms with Crippen LogP contribution in [-0.2, 0) is 14.3 Å². The summed E-state index contributed by atoms with van der Waals surface area (Å²) in [4.78, 5) is 25.0. The third-order valence-electron chi connectivity index (χ3n) is 6.30. The van der Waals surface area contributed by atoms with Crippen LogP contribution in [0.2, 0.25) is 0 Å². The van der Waals surface area contributed by atoms with Gasteiger partial charge in [0.2, 0.25) is 0 Å². The summed E-state index contributed by atoms with van der Waals surface area (Å²) in [5.74, 6) is -0.111. The highest BCUT2D eigenvalue weighted by Gasteiger charge is 2.33. The molecule has 6 heteroatoms. The van der Waals surface area contributed by atoms with Crippen LogP contribution in [0.5, 0.6) is 0 Å². The normalized spacial score (nSPS) is 21.2. The number of halogens is 1. The summed E-state index contributed by atoms with van der Waals surface area (Å²) in [5.41, 5.74) is 2.61. The first-order chi connectivity index (χ1) is 14.7. The van der Waals surface area contributed by atoms with Crippen molar-refractivity contribution >= 4 is 11.9 Å². The van der Waals surface area contributed by atoms with Crippen LogP contribution in [0.3, 0.4) is 0 Å². The highest BCUT2D eigenvalue weighted by molar-refractivity contribution is 5.92. The molecule has 5 nitrogen and oxygen atoms in total. The lowest BCUT2D eigenvalue weighted by atomic mass is 9.75. The van der Waals surface area contributed by atoms with Crippen molar-refractivity contribution in [3.05, 3.63) is 53.1 Å². The molecule has 0 spiro atoms. The van der Waals surface area contributed by atoms with Crippen LogP contribution in [-0.4, -0.2) is 29.2 Å². The van der Waals surface area contributed by atoms with Crippen LogP contribution in [0.1, 0.15) is 61.8 Å². The predicted octanol–water partition coefficient (Wildman–Crippen LogP) is 5.39. The molecule has 0 bridgehead atoms. The molecule has 1 aliphatic rings. The van der Waals surface area contributed by atoms with Crippen molar-refractivity contribution in [2.45, 2.75) is 60.0 Å². The molecule has 0 unspecified atom stereocenters. The number of hydrogen-bond donors (Lipinski definition) is 0. The average Bonchev–Trinajstić information content (AvgIpc) is 3.01. The van der Waals surface area contributed by atoms with Crippen LogP contribution in [0.25, 0.3) is 5.69 Å². The Labute approximate surface area is 183 Å². The lowest BCUT2D eigenvalue weighted by molar-refractivity contribution is -0.159. The predicted molar refractivity (Wildman–Crippen MR) is 117 cm³/mol. The first-order valence-electron chi connectivity index (χ1n) is 11.0. The second kappa shape index (κ2) is 9.67. The second-order valence-corrected chi connectivity index (χ2v) is 9.03. The second-order valence-electron chi connectivity index (χ2n) is 9.03. The van der Waals surface area contributed by atoms with Crippen LogP contribution < -0.4 is 0 Å². The molecule has 3 rings (SSSR count). The van der Waals surface area contributed by atoms with Gasteiger partial charge in [0.25, 0.3) is 0 Å². The molecular formula is C25H32FNO4. The Hall–Kier alpha value is -2.63. The van der Waals surface area contributed by atoms with Gasteiger partial charge in [-0.25, -0.2) is 14.0 Å². The van der Waals surface area contributed by atoms with Gasteiger partial charge < -0.3 is 14.0 Å². The maximum Gasteiger partial charge on any atom is 0.344 e. The van der Waals surface area contributed by atoms with Crippen LogP contribution >= 0.6 is 0 Å².